The van der Waals surface area contributed by atoms with E-state index >= 15 is 0 Å². The molecule has 8 heteroatoms. The molecule has 1 N–H and O–H groups in total. The van der Waals surface area contributed by atoms with Gasteiger partial charge in [0.15, 0.2) is 0 Å². The molecule has 3 rings (SSSR count). The van der Waals surface area contributed by atoms with Crippen LogP contribution in [0.4, 0.5) is 14.9 Å². The van der Waals surface area contributed by atoms with Crippen LogP contribution in [0.3, 0.4) is 0 Å². The highest BCUT2D eigenvalue weighted by Gasteiger charge is 2.23. The molecule has 0 bridgehead atoms. The molecule has 0 unspecified atom stereocenters. The minimum Gasteiger partial charge on any atom is -0.494 e. The summed E-state index contributed by atoms with van der Waals surface area (Å²) in [6, 6.07) is 10.4. The van der Waals surface area contributed by atoms with Gasteiger partial charge in [-0.25, -0.2) is 9.18 Å². The van der Waals surface area contributed by atoms with Crippen LogP contribution in [0, 0.1) is 5.82 Å². The molecule has 0 radical (unpaired) electrons. The van der Waals surface area contributed by atoms with Gasteiger partial charge in [-0.3, -0.25) is 4.79 Å². The van der Waals surface area contributed by atoms with Crippen molar-refractivity contribution in [3.05, 3.63) is 58.9 Å². The maximum Gasteiger partial charge on any atom is 0.322 e. The Kier molecular flexibility index (Phi) is 6.36. The summed E-state index contributed by atoms with van der Waals surface area (Å²) in [6.07, 6.45) is 0.660. The van der Waals surface area contributed by atoms with Crippen LogP contribution in [-0.4, -0.2) is 55.0 Å². The van der Waals surface area contributed by atoms with Crippen molar-refractivity contribution in [3.63, 3.8) is 0 Å². The number of hydrogen-bond acceptors (Lipinski definition) is 3. The molecular weight excluding hydrogens is 385 g/mol. The zero-order valence-electron chi connectivity index (χ0n) is 15.5. The van der Waals surface area contributed by atoms with Crippen LogP contribution >= 0.6 is 11.6 Å². The summed E-state index contributed by atoms with van der Waals surface area (Å²) in [5.41, 5.74) is 0.964. The van der Waals surface area contributed by atoms with Gasteiger partial charge in [-0.05, 0) is 42.8 Å². The molecule has 0 spiro atoms. The molecule has 1 fully saturated rings. The van der Waals surface area contributed by atoms with E-state index in [0.29, 0.717) is 48.9 Å². The number of halogens is 2. The van der Waals surface area contributed by atoms with E-state index in [4.69, 9.17) is 16.3 Å². The number of nitrogens with zero attached hydrogens (tertiary/aromatic N) is 2. The summed E-state index contributed by atoms with van der Waals surface area (Å²) < 4.78 is 18.4. The molecule has 2 aromatic carbocycles. The average molecular weight is 406 g/mol. The molecule has 28 heavy (non-hydrogen) atoms. The molecule has 3 amide bonds. The largest absolute Gasteiger partial charge is 0.494 e. The van der Waals surface area contributed by atoms with Gasteiger partial charge in [-0.2, -0.15) is 0 Å². The topological polar surface area (TPSA) is 61.9 Å². The first-order chi connectivity index (χ1) is 13.5. The van der Waals surface area contributed by atoms with Gasteiger partial charge in [0, 0.05) is 42.8 Å². The molecule has 0 saturated carbocycles. The maximum atomic E-state index is 13.3. The molecule has 1 aliphatic rings. The first-order valence-corrected chi connectivity index (χ1v) is 9.30. The van der Waals surface area contributed by atoms with Crippen LogP contribution in [0.15, 0.2) is 42.5 Å². The summed E-state index contributed by atoms with van der Waals surface area (Å²) in [5.74, 6) is -0.275. The summed E-state index contributed by atoms with van der Waals surface area (Å²) >= 11 is 5.87. The van der Waals surface area contributed by atoms with Crippen molar-refractivity contribution in [2.24, 2.45) is 0 Å². The summed E-state index contributed by atoms with van der Waals surface area (Å²) in [5, 5.41) is 3.32. The molecule has 0 aromatic heterocycles. The third-order valence-corrected chi connectivity index (χ3v) is 4.82. The number of benzene rings is 2. The highest BCUT2D eigenvalue weighted by Crippen LogP contribution is 2.25. The molecule has 1 saturated heterocycles. The lowest BCUT2D eigenvalue weighted by Gasteiger charge is -2.23. The molecule has 148 valence electrons. The van der Waals surface area contributed by atoms with Gasteiger partial charge in [-0.1, -0.05) is 11.6 Å². The summed E-state index contributed by atoms with van der Waals surface area (Å²) in [7, 11) is 1.41. The third-order valence-electron chi connectivity index (χ3n) is 4.57. The summed E-state index contributed by atoms with van der Waals surface area (Å²) in [4.78, 5) is 28.6. The fourth-order valence-electron chi connectivity index (χ4n) is 3.06. The minimum atomic E-state index is -0.444. The number of carbonyl (C=O) groups is 2. The van der Waals surface area contributed by atoms with Crippen molar-refractivity contribution in [1.82, 2.24) is 9.80 Å². The average Bonchev–Trinajstić information content (AvgIpc) is 2.95. The Morgan fingerprint density at radius 3 is 2.43 bits per heavy atom. The summed E-state index contributed by atoms with van der Waals surface area (Å²) in [6.45, 7) is 1.90. The van der Waals surface area contributed by atoms with E-state index in [1.165, 1.54) is 25.3 Å². The SMILES string of the molecule is COc1cc(F)ccc1NC(=O)N1CCCN(C(=O)c2ccc(Cl)cc2)CC1. The van der Waals surface area contributed by atoms with Crippen molar-refractivity contribution in [3.8, 4) is 5.75 Å². The number of anilines is 1. The van der Waals surface area contributed by atoms with Crippen molar-refractivity contribution >= 4 is 29.2 Å². The van der Waals surface area contributed by atoms with Crippen LogP contribution < -0.4 is 10.1 Å². The monoisotopic (exact) mass is 405 g/mol. The smallest absolute Gasteiger partial charge is 0.322 e. The Balaban J connectivity index is 1.62. The maximum absolute atomic E-state index is 13.3. The van der Waals surface area contributed by atoms with E-state index in [0.717, 1.165) is 0 Å². The van der Waals surface area contributed by atoms with Gasteiger partial charge in [0.2, 0.25) is 0 Å². The highest BCUT2D eigenvalue weighted by atomic mass is 35.5. The lowest BCUT2D eigenvalue weighted by Crippen LogP contribution is -2.39. The number of methoxy groups -OCH3 is 1. The number of urea groups is 1. The molecule has 0 aliphatic carbocycles. The Hall–Kier alpha value is -2.80. The first kappa shape index (κ1) is 19.9. The molecule has 6 nitrogen and oxygen atoms in total. The normalized spacial score (nSPS) is 14.4. The molecule has 1 heterocycles. The fourth-order valence-corrected chi connectivity index (χ4v) is 3.19. The fraction of sp³-hybridized carbons (Fsp3) is 0.300. The van der Waals surface area contributed by atoms with Crippen LogP contribution in [-0.2, 0) is 0 Å². The molecule has 2 aromatic rings. The lowest BCUT2D eigenvalue weighted by atomic mass is 10.2. The van der Waals surface area contributed by atoms with Gasteiger partial charge in [-0.15, -0.1) is 0 Å². The number of carbonyl (C=O) groups excluding carboxylic acids is 2. The van der Waals surface area contributed by atoms with Crippen LogP contribution in [0.5, 0.6) is 5.75 Å². The zero-order valence-corrected chi connectivity index (χ0v) is 16.2. The van der Waals surface area contributed by atoms with E-state index in [1.54, 1.807) is 34.1 Å². The van der Waals surface area contributed by atoms with E-state index in [-0.39, 0.29) is 17.7 Å². The Bertz CT molecular complexity index is 860. The van der Waals surface area contributed by atoms with Crippen molar-refractivity contribution in [1.29, 1.82) is 0 Å². The number of ether oxygens (including phenoxy) is 1. The van der Waals surface area contributed by atoms with Crippen LogP contribution in [0.25, 0.3) is 0 Å². The van der Waals surface area contributed by atoms with E-state index in [2.05, 4.69) is 5.32 Å². The molecule has 1 aliphatic heterocycles. The second-order valence-corrected chi connectivity index (χ2v) is 6.85. The van der Waals surface area contributed by atoms with Gasteiger partial charge < -0.3 is 19.9 Å². The predicted molar refractivity (Wildman–Crippen MR) is 106 cm³/mol. The minimum absolute atomic E-state index is 0.0841. The number of hydrogen-bond donors (Lipinski definition) is 1. The van der Waals surface area contributed by atoms with Crippen LogP contribution in [0.2, 0.25) is 5.02 Å². The Labute approximate surface area is 167 Å². The first-order valence-electron chi connectivity index (χ1n) is 8.92. The van der Waals surface area contributed by atoms with Gasteiger partial charge in [0.1, 0.15) is 11.6 Å². The Morgan fingerprint density at radius 2 is 1.71 bits per heavy atom. The number of rotatable bonds is 3. The van der Waals surface area contributed by atoms with Crippen LogP contribution in [0.1, 0.15) is 16.8 Å². The van der Waals surface area contributed by atoms with Gasteiger partial charge >= 0.3 is 6.03 Å². The third kappa shape index (κ3) is 4.72. The highest BCUT2D eigenvalue weighted by molar-refractivity contribution is 6.30. The lowest BCUT2D eigenvalue weighted by molar-refractivity contribution is 0.0762. The van der Waals surface area contributed by atoms with Crippen molar-refractivity contribution in [2.75, 3.05) is 38.6 Å². The quantitative estimate of drug-likeness (QED) is 0.843. The predicted octanol–water partition coefficient (Wildman–Crippen LogP) is 3.87. The number of nitrogens with one attached hydrogen (secondary N) is 1. The van der Waals surface area contributed by atoms with Crippen molar-refractivity contribution < 1.29 is 18.7 Å². The van der Waals surface area contributed by atoms with Gasteiger partial charge in [0.05, 0.1) is 12.8 Å². The molecule has 0 atom stereocenters. The van der Waals surface area contributed by atoms with Gasteiger partial charge in [0.25, 0.3) is 5.91 Å². The van der Waals surface area contributed by atoms with E-state index in [9.17, 15) is 14.0 Å². The van der Waals surface area contributed by atoms with E-state index in [1.807, 2.05) is 0 Å². The van der Waals surface area contributed by atoms with E-state index < -0.39 is 5.82 Å². The second kappa shape index (κ2) is 8.93. The molecular formula is C20H21ClFN3O3. The Morgan fingerprint density at radius 1 is 1.04 bits per heavy atom. The standard InChI is InChI=1S/C20H21ClFN3O3/c1-28-18-13-16(22)7-8-17(18)23-20(27)25-10-2-9-24(11-12-25)19(26)14-3-5-15(21)6-4-14/h3-8,13H,2,9-12H2,1H3,(H,23,27). The number of amides is 3. The second-order valence-electron chi connectivity index (χ2n) is 6.41. The van der Waals surface area contributed by atoms with Crippen molar-refractivity contribution in [2.45, 2.75) is 6.42 Å². The zero-order chi connectivity index (χ0) is 20.1.